The first-order valence-electron chi connectivity index (χ1n) is 9.63. The molecular weight excluding hydrogens is 404 g/mol. The van der Waals surface area contributed by atoms with Crippen LogP contribution in [0.5, 0.6) is 0 Å². The molecule has 0 saturated carbocycles. The van der Waals surface area contributed by atoms with Crippen molar-refractivity contribution in [3.63, 3.8) is 0 Å². The minimum absolute atomic E-state index is 0.121. The van der Waals surface area contributed by atoms with Crippen LogP contribution in [0.1, 0.15) is 5.56 Å². The maximum Gasteiger partial charge on any atom is 0.353 e. The first-order valence-corrected chi connectivity index (χ1v) is 10.0. The van der Waals surface area contributed by atoms with Gasteiger partial charge in [-0.2, -0.15) is 0 Å². The molecule has 0 aliphatic carbocycles. The van der Waals surface area contributed by atoms with Crippen LogP contribution in [0.15, 0.2) is 60.9 Å². The SMILES string of the molecule is O=[N+]([O-])c1c(Nc2ccc(Cl)cc2)ncnc1N1CCN(Cc2ccccc2)CC1. The topological polar surface area (TPSA) is 87.4 Å². The average Bonchev–Trinajstić information content (AvgIpc) is 2.76. The maximum absolute atomic E-state index is 11.9. The zero-order valence-corrected chi connectivity index (χ0v) is 17.0. The van der Waals surface area contributed by atoms with Gasteiger partial charge in [0, 0.05) is 43.4 Å². The summed E-state index contributed by atoms with van der Waals surface area (Å²) >= 11 is 5.91. The van der Waals surface area contributed by atoms with Crippen LogP contribution in [0, 0.1) is 10.1 Å². The number of nitrogens with one attached hydrogen (secondary N) is 1. The molecule has 0 bridgehead atoms. The molecule has 154 valence electrons. The number of nitro groups is 1. The number of nitrogens with zero attached hydrogens (tertiary/aromatic N) is 5. The van der Waals surface area contributed by atoms with Crippen LogP contribution in [-0.4, -0.2) is 46.0 Å². The van der Waals surface area contributed by atoms with Gasteiger partial charge in [0.1, 0.15) is 6.33 Å². The first-order chi connectivity index (χ1) is 14.6. The highest BCUT2D eigenvalue weighted by molar-refractivity contribution is 6.30. The van der Waals surface area contributed by atoms with E-state index in [0.29, 0.717) is 29.6 Å². The summed E-state index contributed by atoms with van der Waals surface area (Å²) in [4.78, 5) is 24.1. The lowest BCUT2D eigenvalue weighted by molar-refractivity contribution is -0.383. The highest BCUT2D eigenvalue weighted by atomic mass is 35.5. The molecule has 0 spiro atoms. The van der Waals surface area contributed by atoms with Gasteiger partial charge in [-0.05, 0) is 29.8 Å². The molecule has 9 heteroatoms. The minimum Gasteiger partial charge on any atom is -0.348 e. The van der Waals surface area contributed by atoms with Crippen LogP contribution in [-0.2, 0) is 6.54 Å². The third kappa shape index (κ3) is 4.67. The second-order valence-corrected chi connectivity index (χ2v) is 7.47. The number of halogens is 1. The van der Waals surface area contributed by atoms with Crippen molar-refractivity contribution in [2.45, 2.75) is 6.54 Å². The molecule has 0 radical (unpaired) electrons. The van der Waals surface area contributed by atoms with Crippen molar-refractivity contribution >= 4 is 34.6 Å². The summed E-state index contributed by atoms with van der Waals surface area (Å²) in [6.07, 6.45) is 1.36. The average molecular weight is 425 g/mol. The normalized spacial score (nSPS) is 14.5. The zero-order valence-electron chi connectivity index (χ0n) is 16.2. The summed E-state index contributed by atoms with van der Waals surface area (Å²) in [6, 6.07) is 17.2. The molecule has 1 aromatic heterocycles. The summed E-state index contributed by atoms with van der Waals surface area (Å²) in [5, 5.41) is 15.5. The molecule has 1 N–H and O–H groups in total. The molecule has 0 amide bonds. The Kier molecular flexibility index (Phi) is 6.06. The second kappa shape index (κ2) is 9.06. The molecule has 2 heterocycles. The molecule has 30 heavy (non-hydrogen) atoms. The summed E-state index contributed by atoms with van der Waals surface area (Å²) in [5.41, 5.74) is 1.80. The predicted molar refractivity (Wildman–Crippen MR) is 117 cm³/mol. The van der Waals surface area contributed by atoms with Crippen LogP contribution >= 0.6 is 11.6 Å². The van der Waals surface area contributed by atoms with Crippen LogP contribution in [0.25, 0.3) is 0 Å². The van der Waals surface area contributed by atoms with E-state index in [9.17, 15) is 10.1 Å². The van der Waals surface area contributed by atoms with Crippen LogP contribution in [0.4, 0.5) is 23.0 Å². The van der Waals surface area contributed by atoms with Crippen LogP contribution < -0.4 is 10.2 Å². The fourth-order valence-corrected chi connectivity index (χ4v) is 3.62. The van der Waals surface area contributed by atoms with Gasteiger partial charge in [-0.25, -0.2) is 9.97 Å². The minimum atomic E-state index is -0.427. The largest absolute Gasteiger partial charge is 0.353 e. The van der Waals surface area contributed by atoms with Crippen molar-refractivity contribution in [1.29, 1.82) is 0 Å². The van der Waals surface area contributed by atoms with E-state index in [0.717, 1.165) is 19.6 Å². The lowest BCUT2D eigenvalue weighted by Crippen LogP contribution is -2.46. The Morgan fingerprint density at radius 1 is 1.00 bits per heavy atom. The van der Waals surface area contributed by atoms with E-state index in [1.165, 1.54) is 11.9 Å². The van der Waals surface area contributed by atoms with Gasteiger partial charge in [-0.3, -0.25) is 15.0 Å². The molecular formula is C21H21ClN6O2. The molecule has 8 nitrogen and oxygen atoms in total. The van der Waals surface area contributed by atoms with Gasteiger partial charge in [0.25, 0.3) is 0 Å². The first kappa shape index (κ1) is 20.1. The second-order valence-electron chi connectivity index (χ2n) is 7.03. The summed E-state index contributed by atoms with van der Waals surface area (Å²) in [5.74, 6) is 0.505. The number of hydrogen-bond donors (Lipinski definition) is 1. The van der Waals surface area contributed by atoms with Crippen molar-refractivity contribution < 1.29 is 4.92 Å². The van der Waals surface area contributed by atoms with Crippen molar-refractivity contribution in [2.24, 2.45) is 0 Å². The van der Waals surface area contributed by atoms with Gasteiger partial charge in [0.2, 0.25) is 11.6 Å². The smallest absolute Gasteiger partial charge is 0.348 e. The van der Waals surface area contributed by atoms with Crippen LogP contribution in [0.3, 0.4) is 0 Å². The molecule has 1 aliphatic heterocycles. The van der Waals surface area contributed by atoms with E-state index in [1.807, 2.05) is 23.1 Å². The fraction of sp³-hybridized carbons (Fsp3) is 0.238. The van der Waals surface area contributed by atoms with E-state index in [4.69, 9.17) is 11.6 Å². The van der Waals surface area contributed by atoms with Crippen molar-refractivity contribution in [1.82, 2.24) is 14.9 Å². The molecule has 2 aromatic carbocycles. The number of piperazine rings is 1. The number of rotatable bonds is 6. The summed E-state index contributed by atoms with van der Waals surface area (Å²) in [6.45, 7) is 3.78. The van der Waals surface area contributed by atoms with E-state index in [-0.39, 0.29) is 11.5 Å². The van der Waals surface area contributed by atoms with Gasteiger partial charge in [0.05, 0.1) is 4.92 Å². The quantitative estimate of drug-likeness (QED) is 0.470. The molecule has 0 atom stereocenters. The van der Waals surface area contributed by atoms with Gasteiger partial charge in [0.15, 0.2) is 0 Å². The third-order valence-corrected chi connectivity index (χ3v) is 5.27. The summed E-state index contributed by atoms with van der Waals surface area (Å²) in [7, 11) is 0. The monoisotopic (exact) mass is 424 g/mol. The Labute approximate surface area is 179 Å². The Morgan fingerprint density at radius 2 is 1.70 bits per heavy atom. The van der Waals surface area contributed by atoms with Crippen molar-refractivity contribution in [2.75, 3.05) is 36.4 Å². The highest BCUT2D eigenvalue weighted by Crippen LogP contribution is 2.34. The Bertz CT molecular complexity index is 1010. The Hall–Kier alpha value is -3.23. The Balaban J connectivity index is 1.50. The van der Waals surface area contributed by atoms with Crippen molar-refractivity contribution in [3.05, 3.63) is 81.6 Å². The van der Waals surface area contributed by atoms with Gasteiger partial charge in [-0.15, -0.1) is 0 Å². The van der Waals surface area contributed by atoms with E-state index in [1.54, 1.807) is 24.3 Å². The molecule has 1 fully saturated rings. The number of benzene rings is 2. The molecule has 3 aromatic rings. The molecule has 4 rings (SSSR count). The fourth-order valence-electron chi connectivity index (χ4n) is 3.49. The van der Waals surface area contributed by atoms with E-state index < -0.39 is 4.92 Å². The zero-order chi connectivity index (χ0) is 20.9. The van der Waals surface area contributed by atoms with Gasteiger partial charge >= 0.3 is 5.69 Å². The van der Waals surface area contributed by atoms with E-state index >= 15 is 0 Å². The standard InChI is InChI=1S/C21H21ClN6O2/c22-17-6-8-18(9-7-17)25-20-19(28(29)30)21(24-15-23-20)27-12-10-26(11-13-27)14-16-4-2-1-3-5-16/h1-9,15H,10-14H2,(H,23,24,25). The number of anilines is 3. The third-order valence-electron chi connectivity index (χ3n) is 5.01. The predicted octanol–water partition coefficient (Wildman–Crippen LogP) is 4.10. The lowest BCUT2D eigenvalue weighted by atomic mass is 10.2. The number of aromatic nitrogens is 2. The molecule has 0 unspecified atom stereocenters. The van der Waals surface area contributed by atoms with E-state index in [2.05, 4.69) is 32.3 Å². The summed E-state index contributed by atoms with van der Waals surface area (Å²) < 4.78 is 0. The van der Waals surface area contributed by atoms with Crippen molar-refractivity contribution in [3.8, 4) is 0 Å². The van der Waals surface area contributed by atoms with Gasteiger partial charge < -0.3 is 10.2 Å². The maximum atomic E-state index is 11.9. The van der Waals surface area contributed by atoms with Crippen LogP contribution in [0.2, 0.25) is 5.02 Å². The molecule has 1 saturated heterocycles. The lowest BCUT2D eigenvalue weighted by Gasteiger charge is -2.35. The highest BCUT2D eigenvalue weighted by Gasteiger charge is 2.29. The molecule has 1 aliphatic rings. The Morgan fingerprint density at radius 3 is 2.37 bits per heavy atom. The number of hydrogen-bond acceptors (Lipinski definition) is 7. The van der Waals surface area contributed by atoms with Gasteiger partial charge in [-0.1, -0.05) is 41.9 Å².